The van der Waals surface area contributed by atoms with Crippen molar-refractivity contribution in [1.82, 2.24) is 14.1 Å². The van der Waals surface area contributed by atoms with Gasteiger partial charge in [0.15, 0.2) is 0 Å². The average Bonchev–Trinajstić information content (AvgIpc) is 3.46. The van der Waals surface area contributed by atoms with Crippen molar-refractivity contribution in [2.24, 2.45) is 0 Å². The molecule has 168 valence electrons. The molecule has 0 radical (unpaired) electrons. The van der Waals surface area contributed by atoms with Crippen LogP contribution in [-0.2, 0) is 0 Å². The number of benzene rings is 5. The van der Waals surface area contributed by atoms with Crippen LogP contribution < -0.4 is 0 Å². The Morgan fingerprint density at radius 3 is 1.92 bits per heavy atom. The van der Waals surface area contributed by atoms with E-state index >= 15 is 0 Å². The second-order valence-corrected chi connectivity index (χ2v) is 9.28. The zero-order chi connectivity index (χ0) is 23.6. The number of rotatable bonds is 2. The van der Waals surface area contributed by atoms with Crippen molar-refractivity contribution >= 4 is 54.4 Å². The molecule has 0 saturated heterocycles. The number of aromatic nitrogens is 3. The molecule has 5 aromatic carbocycles. The number of hydrogen-bond acceptors (Lipinski definition) is 1. The van der Waals surface area contributed by atoms with Crippen molar-refractivity contribution in [3.63, 3.8) is 0 Å². The molecule has 36 heavy (non-hydrogen) atoms. The molecule has 8 aromatic rings. The Morgan fingerprint density at radius 2 is 1.14 bits per heavy atom. The summed E-state index contributed by atoms with van der Waals surface area (Å²) in [6, 6.07) is 43.3. The van der Waals surface area contributed by atoms with Crippen molar-refractivity contribution in [2.45, 2.75) is 0 Å². The third-order valence-electron chi connectivity index (χ3n) is 7.34. The Balaban J connectivity index is 1.61. The van der Waals surface area contributed by atoms with E-state index in [0.29, 0.717) is 0 Å². The van der Waals surface area contributed by atoms with E-state index in [4.69, 9.17) is 4.98 Å². The van der Waals surface area contributed by atoms with Gasteiger partial charge in [-0.2, -0.15) is 0 Å². The summed E-state index contributed by atoms with van der Waals surface area (Å²) in [7, 11) is 0. The summed E-state index contributed by atoms with van der Waals surface area (Å²) in [5, 5.41) is 7.48. The second-order valence-electron chi connectivity index (χ2n) is 9.28. The molecule has 0 atom stereocenters. The summed E-state index contributed by atoms with van der Waals surface area (Å²) < 4.78 is 4.70. The third-order valence-corrected chi connectivity index (χ3v) is 7.34. The van der Waals surface area contributed by atoms with Crippen molar-refractivity contribution in [1.29, 1.82) is 0 Å². The molecular weight excluding hydrogens is 438 g/mol. The predicted octanol–water partition coefficient (Wildman–Crippen LogP) is 8.43. The van der Waals surface area contributed by atoms with Gasteiger partial charge in [0.25, 0.3) is 0 Å². The maximum atomic E-state index is 4.72. The fourth-order valence-electron chi connectivity index (χ4n) is 5.83. The highest BCUT2D eigenvalue weighted by atomic mass is 15.1. The van der Waals surface area contributed by atoms with E-state index in [1.54, 1.807) is 0 Å². The number of fused-ring (bicyclic) bond motifs is 8. The van der Waals surface area contributed by atoms with Crippen molar-refractivity contribution in [3.05, 3.63) is 128 Å². The largest absolute Gasteiger partial charge is 0.309 e. The van der Waals surface area contributed by atoms with Gasteiger partial charge < -0.3 is 4.57 Å². The molecule has 3 aromatic heterocycles. The van der Waals surface area contributed by atoms with E-state index in [0.717, 1.165) is 5.82 Å². The topological polar surface area (TPSA) is 22.8 Å². The maximum absolute atomic E-state index is 4.72. The van der Waals surface area contributed by atoms with Crippen LogP contribution in [0.3, 0.4) is 0 Å². The summed E-state index contributed by atoms with van der Waals surface area (Å²) in [5.74, 6) is 0.929. The van der Waals surface area contributed by atoms with Crippen LogP contribution in [0.1, 0.15) is 0 Å². The molecule has 3 heteroatoms. The number of hydrogen-bond donors (Lipinski definition) is 0. The van der Waals surface area contributed by atoms with Crippen molar-refractivity contribution < 1.29 is 0 Å². The molecule has 0 unspecified atom stereocenters. The molecule has 0 aliphatic rings. The fraction of sp³-hybridized carbons (Fsp3) is 0. The van der Waals surface area contributed by atoms with Crippen LogP contribution in [0.25, 0.3) is 65.9 Å². The van der Waals surface area contributed by atoms with Crippen LogP contribution in [0, 0.1) is 0 Å². The van der Waals surface area contributed by atoms with E-state index in [2.05, 4.69) is 124 Å². The summed E-state index contributed by atoms with van der Waals surface area (Å²) in [4.78, 5) is 4.72. The molecule has 0 fully saturated rings. The summed E-state index contributed by atoms with van der Waals surface area (Å²) in [6.07, 6.45) is 1.86. The Morgan fingerprint density at radius 1 is 0.444 bits per heavy atom. The van der Waals surface area contributed by atoms with Gasteiger partial charge in [-0.1, -0.05) is 72.8 Å². The van der Waals surface area contributed by atoms with Crippen LogP contribution >= 0.6 is 0 Å². The molecule has 0 amide bonds. The van der Waals surface area contributed by atoms with Gasteiger partial charge in [-0.3, -0.25) is 4.57 Å². The quantitative estimate of drug-likeness (QED) is 0.254. The van der Waals surface area contributed by atoms with Crippen LogP contribution in [0.4, 0.5) is 0 Å². The molecule has 0 spiro atoms. The maximum Gasteiger partial charge on any atom is 0.137 e. The van der Waals surface area contributed by atoms with Gasteiger partial charge in [0, 0.05) is 38.8 Å². The molecule has 0 bridgehead atoms. The minimum Gasteiger partial charge on any atom is -0.309 e. The van der Waals surface area contributed by atoms with Crippen LogP contribution in [0.5, 0.6) is 0 Å². The number of para-hydroxylation sites is 3. The average molecular weight is 460 g/mol. The highest BCUT2D eigenvalue weighted by molar-refractivity contribution is 6.22. The third kappa shape index (κ3) is 2.60. The predicted molar refractivity (Wildman–Crippen MR) is 150 cm³/mol. The molecule has 0 aliphatic heterocycles. The normalized spacial score (nSPS) is 11.9. The van der Waals surface area contributed by atoms with Crippen LogP contribution in [0.15, 0.2) is 128 Å². The zero-order valence-corrected chi connectivity index (χ0v) is 19.5. The second kappa shape index (κ2) is 7.30. The van der Waals surface area contributed by atoms with Crippen LogP contribution in [-0.4, -0.2) is 14.1 Å². The van der Waals surface area contributed by atoms with Gasteiger partial charge >= 0.3 is 0 Å². The van der Waals surface area contributed by atoms with Gasteiger partial charge in [0.1, 0.15) is 5.82 Å². The zero-order valence-electron chi connectivity index (χ0n) is 19.5. The van der Waals surface area contributed by atoms with Crippen molar-refractivity contribution in [2.75, 3.05) is 0 Å². The number of pyridine rings is 1. The molecule has 8 rings (SSSR count). The highest BCUT2D eigenvalue weighted by Crippen LogP contribution is 2.40. The Kier molecular flexibility index (Phi) is 3.94. The summed E-state index contributed by atoms with van der Waals surface area (Å²) in [5.41, 5.74) is 5.96. The lowest BCUT2D eigenvalue weighted by Crippen LogP contribution is -1.97. The van der Waals surface area contributed by atoms with E-state index in [9.17, 15) is 0 Å². The lowest BCUT2D eigenvalue weighted by Gasteiger charge is -2.11. The molecule has 0 N–H and O–H groups in total. The van der Waals surface area contributed by atoms with Gasteiger partial charge in [0.2, 0.25) is 0 Å². The minimum absolute atomic E-state index is 0.929. The highest BCUT2D eigenvalue weighted by Gasteiger charge is 2.18. The minimum atomic E-state index is 0.929. The van der Waals surface area contributed by atoms with E-state index in [1.807, 2.05) is 12.3 Å². The Hall–Kier alpha value is -4.89. The Labute approximate surface area is 207 Å². The SMILES string of the molecule is c1ccc(-n2c3ccccc3c3ccc4cc5c6ccccc6n(-c6ccccn6)c5cc4c32)cc1. The first-order valence-corrected chi connectivity index (χ1v) is 12.2. The number of nitrogens with zero attached hydrogens (tertiary/aromatic N) is 3. The molecule has 3 heterocycles. The monoisotopic (exact) mass is 459 g/mol. The summed E-state index contributed by atoms with van der Waals surface area (Å²) >= 11 is 0. The smallest absolute Gasteiger partial charge is 0.137 e. The first kappa shape index (κ1) is 19.4. The van der Waals surface area contributed by atoms with E-state index in [-0.39, 0.29) is 0 Å². The summed E-state index contributed by atoms with van der Waals surface area (Å²) in [6.45, 7) is 0. The van der Waals surface area contributed by atoms with E-state index < -0.39 is 0 Å². The van der Waals surface area contributed by atoms with E-state index in [1.165, 1.54) is 60.1 Å². The fourth-order valence-corrected chi connectivity index (χ4v) is 5.83. The lowest BCUT2D eigenvalue weighted by molar-refractivity contribution is 1.08. The molecule has 3 nitrogen and oxygen atoms in total. The van der Waals surface area contributed by atoms with Gasteiger partial charge in [-0.15, -0.1) is 0 Å². The molecule has 0 aliphatic carbocycles. The van der Waals surface area contributed by atoms with Crippen molar-refractivity contribution in [3.8, 4) is 11.5 Å². The molecule has 0 saturated carbocycles. The lowest BCUT2D eigenvalue weighted by atomic mass is 10.0. The van der Waals surface area contributed by atoms with Gasteiger partial charge in [-0.05, 0) is 53.9 Å². The van der Waals surface area contributed by atoms with Gasteiger partial charge in [-0.25, -0.2) is 4.98 Å². The molecular formula is C33H21N3. The van der Waals surface area contributed by atoms with Crippen LogP contribution in [0.2, 0.25) is 0 Å². The van der Waals surface area contributed by atoms with Gasteiger partial charge in [0.05, 0.1) is 22.1 Å². The first-order chi connectivity index (χ1) is 17.9. The Bertz CT molecular complexity index is 2070. The standard InChI is InChI=1S/C33H21N3/c1-2-10-23(11-3-1)35-29-14-6-4-12-24(29)26-18-17-22-20-28-25-13-5-7-15-30(25)36(32-16-8-9-19-34-32)31(28)21-27(22)33(26)35/h1-21H. The first-order valence-electron chi connectivity index (χ1n) is 12.2.